The molecule has 0 spiro atoms. The van der Waals surface area contributed by atoms with Crippen LogP contribution in [0.1, 0.15) is 43.1 Å². The fraction of sp³-hybridized carbons (Fsp3) is 0.571. The zero-order valence-electron chi connectivity index (χ0n) is 11.0. The Balaban J connectivity index is 1.99. The lowest BCUT2D eigenvalue weighted by Gasteiger charge is -2.29. The number of rotatable bonds is 4. The third kappa shape index (κ3) is 3.60. The van der Waals surface area contributed by atoms with Gasteiger partial charge in [-0.2, -0.15) is 0 Å². The van der Waals surface area contributed by atoms with Crippen LogP contribution in [-0.2, 0) is 0 Å². The molecule has 0 aliphatic heterocycles. The fourth-order valence-corrected chi connectivity index (χ4v) is 2.81. The Morgan fingerprint density at radius 1 is 1.47 bits per heavy atom. The highest BCUT2D eigenvalue weighted by atomic mass is 35.5. The number of aromatic nitrogens is 1. The van der Waals surface area contributed by atoms with Gasteiger partial charge in [0, 0.05) is 6.54 Å². The number of halogens is 1. The van der Waals surface area contributed by atoms with Crippen LogP contribution in [-0.4, -0.2) is 22.6 Å². The van der Waals surface area contributed by atoms with Crippen LogP contribution >= 0.6 is 11.6 Å². The summed E-state index contributed by atoms with van der Waals surface area (Å²) in [6.45, 7) is 3.12. The number of nitrogens with one attached hydrogen (secondary N) is 1. The maximum absolute atomic E-state index is 11.0. The lowest BCUT2D eigenvalue weighted by molar-refractivity contribution is 0.0691. The predicted octanol–water partition coefficient (Wildman–Crippen LogP) is 3.67. The second kappa shape index (κ2) is 6.24. The largest absolute Gasteiger partial charge is 0.476 e. The van der Waals surface area contributed by atoms with Gasteiger partial charge in [0.2, 0.25) is 0 Å². The molecule has 0 amide bonds. The Kier molecular flexibility index (Phi) is 4.64. The summed E-state index contributed by atoms with van der Waals surface area (Å²) in [6, 6.07) is 3.30. The number of carbonyl (C=O) groups is 1. The number of hydrogen-bond donors (Lipinski definition) is 2. The zero-order valence-corrected chi connectivity index (χ0v) is 11.8. The minimum atomic E-state index is -1.10. The molecule has 0 saturated heterocycles. The molecule has 5 heteroatoms. The first-order valence-corrected chi connectivity index (χ1v) is 7.09. The van der Waals surface area contributed by atoms with Crippen LogP contribution < -0.4 is 5.32 Å². The van der Waals surface area contributed by atoms with E-state index in [1.807, 2.05) is 0 Å². The van der Waals surface area contributed by atoms with Crippen molar-refractivity contribution in [2.24, 2.45) is 11.8 Å². The van der Waals surface area contributed by atoms with Crippen molar-refractivity contribution in [3.8, 4) is 0 Å². The van der Waals surface area contributed by atoms with Crippen LogP contribution in [0.25, 0.3) is 0 Å². The van der Waals surface area contributed by atoms with Crippen LogP contribution in [0.3, 0.4) is 0 Å². The summed E-state index contributed by atoms with van der Waals surface area (Å²) in [5, 5.41) is 12.4. The first kappa shape index (κ1) is 14.1. The van der Waals surface area contributed by atoms with E-state index < -0.39 is 5.97 Å². The standard InChI is InChI=1S/C14H19ClN2O2/c1-9-4-2-3-5-10(9)8-16-12-7-6-11(15)13(17-12)14(18)19/h6-7,9-10H,2-5,8H2,1H3,(H,16,17)(H,18,19). The molecule has 1 aliphatic rings. The predicted molar refractivity (Wildman–Crippen MR) is 75.8 cm³/mol. The van der Waals surface area contributed by atoms with E-state index in [9.17, 15) is 4.79 Å². The molecule has 2 atom stereocenters. The number of carboxylic acid groups (broad SMARTS) is 1. The Morgan fingerprint density at radius 3 is 2.89 bits per heavy atom. The molecule has 0 aromatic carbocycles. The van der Waals surface area contributed by atoms with Gasteiger partial charge in [0.1, 0.15) is 5.82 Å². The topological polar surface area (TPSA) is 62.2 Å². The number of pyridine rings is 1. The molecule has 1 aromatic heterocycles. The summed E-state index contributed by atoms with van der Waals surface area (Å²) in [4.78, 5) is 15.0. The van der Waals surface area contributed by atoms with E-state index in [0.29, 0.717) is 17.7 Å². The van der Waals surface area contributed by atoms with Crippen molar-refractivity contribution < 1.29 is 9.90 Å². The number of carboxylic acids is 1. The molecule has 2 N–H and O–H groups in total. The van der Waals surface area contributed by atoms with Crippen LogP contribution in [0.4, 0.5) is 5.82 Å². The van der Waals surface area contributed by atoms with Crippen molar-refractivity contribution in [1.29, 1.82) is 0 Å². The highest BCUT2D eigenvalue weighted by Crippen LogP contribution is 2.29. The van der Waals surface area contributed by atoms with E-state index in [0.717, 1.165) is 6.54 Å². The molecule has 2 rings (SSSR count). The van der Waals surface area contributed by atoms with E-state index in [-0.39, 0.29) is 10.7 Å². The maximum Gasteiger partial charge on any atom is 0.356 e. The minimum absolute atomic E-state index is 0.0941. The van der Waals surface area contributed by atoms with E-state index >= 15 is 0 Å². The average Bonchev–Trinajstić information content (AvgIpc) is 2.39. The molecule has 0 radical (unpaired) electrons. The lowest BCUT2D eigenvalue weighted by Crippen LogP contribution is -2.24. The van der Waals surface area contributed by atoms with Crippen molar-refractivity contribution in [2.45, 2.75) is 32.6 Å². The maximum atomic E-state index is 11.0. The molecule has 1 fully saturated rings. The van der Waals surface area contributed by atoms with E-state index in [1.54, 1.807) is 12.1 Å². The average molecular weight is 283 g/mol. The van der Waals surface area contributed by atoms with Gasteiger partial charge in [-0.1, -0.05) is 37.8 Å². The van der Waals surface area contributed by atoms with Crippen LogP contribution in [0.5, 0.6) is 0 Å². The Hall–Kier alpha value is -1.29. The van der Waals surface area contributed by atoms with E-state index in [4.69, 9.17) is 16.7 Å². The van der Waals surface area contributed by atoms with Gasteiger partial charge in [-0.15, -0.1) is 0 Å². The molecule has 1 aliphatic carbocycles. The van der Waals surface area contributed by atoms with Gasteiger partial charge in [0.15, 0.2) is 5.69 Å². The van der Waals surface area contributed by atoms with Crippen LogP contribution in [0.2, 0.25) is 5.02 Å². The summed E-state index contributed by atoms with van der Waals surface area (Å²) in [5.41, 5.74) is -0.0941. The Labute approximate surface area is 118 Å². The highest BCUT2D eigenvalue weighted by molar-refractivity contribution is 6.33. The van der Waals surface area contributed by atoms with Crippen LogP contribution in [0.15, 0.2) is 12.1 Å². The second-order valence-corrected chi connectivity index (χ2v) is 5.64. The molecular weight excluding hydrogens is 264 g/mol. The number of aromatic carboxylic acids is 1. The monoisotopic (exact) mass is 282 g/mol. The molecule has 19 heavy (non-hydrogen) atoms. The molecule has 104 valence electrons. The Morgan fingerprint density at radius 2 is 2.21 bits per heavy atom. The van der Waals surface area contributed by atoms with Crippen molar-refractivity contribution >= 4 is 23.4 Å². The van der Waals surface area contributed by atoms with Crippen molar-refractivity contribution in [3.05, 3.63) is 22.8 Å². The SMILES string of the molecule is CC1CCCCC1CNc1ccc(Cl)c(C(=O)O)n1. The molecule has 1 aromatic rings. The van der Waals surface area contributed by atoms with Crippen molar-refractivity contribution in [2.75, 3.05) is 11.9 Å². The molecule has 0 bridgehead atoms. The van der Waals surface area contributed by atoms with Gasteiger partial charge in [0.05, 0.1) is 5.02 Å². The van der Waals surface area contributed by atoms with Crippen molar-refractivity contribution in [3.63, 3.8) is 0 Å². The third-order valence-corrected chi connectivity index (χ3v) is 4.19. The molecule has 4 nitrogen and oxygen atoms in total. The minimum Gasteiger partial charge on any atom is -0.476 e. The number of nitrogens with zero attached hydrogens (tertiary/aromatic N) is 1. The lowest BCUT2D eigenvalue weighted by atomic mass is 9.80. The van der Waals surface area contributed by atoms with Gasteiger partial charge in [-0.05, 0) is 30.4 Å². The van der Waals surface area contributed by atoms with Gasteiger partial charge < -0.3 is 10.4 Å². The van der Waals surface area contributed by atoms with Gasteiger partial charge in [-0.3, -0.25) is 0 Å². The normalized spacial score (nSPS) is 23.1. The molecular formula is C14H19ClN2O2. The highest BCUT2D eigenvalue weighted by Gasteiger charge is 2.21. The van der Waals surface area contributed by atoms with Gasteiger partial charge in [-0.25, -0.2) is 9.78 Å². The first-order chi connectivity index (χ1) is 9.08. The second-order valence-electron chi connectivity index (χ2n) is 5.23. The van der Waals surface area contributed by atoms with E-state index in [2.05, 4.69) is 17.2 Å². The summed E-state index contributed by atoms with van der Waals surface area (Å²) in [5.74, 6) is 0.839. The number of hydrogen-bond acceptors (Lipinski definition) is 3. The first-order valence-electron chi connectivity index (χ1n) is 6.71. The van der Waals surface area contributed by atoms with Crippen molar-refractivity contribution in [1.82, 2.24) is 4.98 Å². The summed E-state index contributed by atoms with van der Waals surface area (Å²) >= 11 is 5.79. The Bertz CT molecular complexity index is 465. The number of anilines is 1. The summed E-state index contributed by atoms with van der Waals surface area (Å²) in [7, 11) is 0. The smallest absolute Gasteiger partial charge is 0.356 e. The molecule has 1 saturated carbocycles. The zero-order chi connectivity index (χ0) is 13.8. The molecule has 1 heterocycles. The fourth-order valence-electron chi connectivity index (χ4n) is 2.62. The molecule has 2 unspecified atom stereocenters. The summed E-state index contributed by atoms with van der Waals surface area (Å²) in [6.07, 6.45) is 5.11. The summed E-state index contributed by atoms with van der Waals surface area (Å²) < 4.78 is 0. The van der Waals surface area contributed by atoms with E-state index in [1.165, 1.54) is 25.7 Å². The third-order valence-electron chi connectivity index (χ3n) is 3.88. The van der Waals surface area contributed by atoms with Gasteiger partial charge >= 0.3 is 5.97 Å². The van der Waals surface area contributed by atoms with Crippen LogP contribution in [0, 0.1) is 11.8 Å². The van der Waals surface area contributed by atoms with Gasteiger partial charge in [0.25, 0.3) is 0 Å². The quantitative estimate of drug-likeness (QED) is 0.884.